The number of rotatable bonds is 6. The van der Waals surface area contributed by atoms with Gasteiger partial charge >= 0.3 is 0 Å². The van der Waals surface area contributed by atoms with Crippen LogP contribution in [0.25, 0.3) is 94.5 Å². The molecule has 56 heavy (non-hydrogen) atoms. The lowest BCUT2D eigenvalue weighted by molar-refractivity contribution is 1.01. The lowest BCUT2D eigenvalue weighted by Crippen LogP contribution is -2.03. The molecule has 1 aliphatic rings. The third kappa shape index (κ3) is 5.34. The van der Waals surface area contributed by atoms with Crippen LogP contribution in [0, 0.1) is 0 Å². The second-order valence-corrected chi connectivity index (χ2v) is 14.2. The Morgan fingerprint density at radius 2 is 0.946 bits per heavy atom. The number of pyridine rings is 1. The Morgan fingerprint density at radius 3 is 1.68 bits per heavy atom. The summed E-state index contributed by atoms with van der Waals surface area (Å²) in [6.07, 6.45) is 12.2. The van der Waals surface area contributed by atoms with Gasteiger partial charge in [-0.3, -0.25) is 4.98 Å². The van der Waals surface area contributed by atoms with Crippen LogP contribution in [0.4, 0.5) is 0 Å². The molecule has 0 bridgehead atoms. The molecule has 0 atom stereocenters. The maximum absolute atomic E-state index is 5.00. The first-order valence-electron chi connectivity index (χ1n) is 19.0. The van der Waals surface area contributed by atoms with Crippen molar-refractivity contribution in [2.24, 2.45) is 0 Å². The number of allylic oxidation sites excluding steroid dienone is 4. The zero-order valence-corrected chi connectivity index (χ0v) is 30.4. The fourth-order valence-electron chi connectivity index (χ4n) is 8.24. The normalized spacial score (nSPS) is 12.9. The fraction of sp³-hybridized carbons (Fsp3) is 0.0400. The van der Waals surface area contributed by atoms with E-state index in [-0.39, 0.29) is 0 Å². The average molecular weight is 719 g/mol. The Labute approximate surface area is 323 Å². The van der Waals surface area contributed by atoms with E-state index in [4.69, 9.17) is 15.0 Å². The third-order valence-electron chi connectivity index (χ3n) is 10.9. The van der Waals surface area contributed by atoms with Crippen LogP contribution in [-0.4, -0.2) is 29.1 Å². The van der Waals surface area contributed by atoms with E-state index in [0.29, 0.717) is 17.5 Å². The highest BCUT2D eigenvalue weighted by molar-refractivity contribution is 6.12. The Kier molecular flexibility index (Phi) is 7.52. The zero-order valence-electron chi connectivity index (χ0n) is 30.4. The molecule has 6 nitrogen and oxygen atoms in total. The SMILES string of the molecule is C1=CC(c2nc(-c3ccccc3)nc(-c3ccc(-n4c5ccccc5c5ccc(-c6ccc7c(c6)c6ccccc6n7-c6ccncc6)cc54)cc3)n2)=CCC1. The van der Waals surface area contributed by atoms with Crippen LogP contribution in [0.5, 0.6) is 0 Å². The molecule has 0 spiro atoms. The van der Waals surface area contributed by atoms with E-state index in [1.165, 1.54) is 38.1 Å². The van der Waals surface area contributed by atoms with Gasteiger partial charge in [0.2, 0.25) is 0 Å². The van der Waals surface area contributed by atoms with Crippen molar-refractivity contribution in [2.75, 3.05) is 0 Å². The number of hydrogen-bond donors (Lipinski definition) is 0. The van der Waals surface area contributed by atoms with Crippen molar-refractivity contribution in [3.05, 3.63) is 188 Å². The molecular weight excluding hydrogens is 685 g/mol. The van der Waals surface area contributed by atoms with E-state index in [0.717, 1.165) is 57.5 Å². The van der Waals surface area contributed by atoms with Crippen LogP contribution in [0.1, 0.15) is 18.7 Å². The topological polar surface area (TPSA) is 61.4 Å². The lowest BCUT2D eigenvalue weighted by Gasteiger charge is -2.12. The molecule has 0 aliphatic heterocycles. The molecule has 264 valence electrons. The quantitative estimate of drug-likeness (QED) is 0.172. The molecule has 10 aromatic rings. The maximum atomic E-state index is 5.00. The van der Waals surface area contributed by atoms with Crippen LogP contribution >= 0.6 is 0 Å². The molecule has 0 saturated heterocycles. The summed E-state index contributed by atoms with van der Waals surface area (Å²) in [6.45, 7) is 0. The Morgan fingerprint density at radius 1 is 0.393 bits per heavy atom. The number of benzene rings is 6. The minimum absolute atomic E-state index is 0.658. The molecule has 1 aliphatic carbocycles. The van der Waals surface area contributed by atoms with Crippen molar-refractivity contribution in [3.8, 4) is 45.3 Å². The van der Waals surface area contributed by atoms with Crippen molar-refractivity contribution >= 4 is 49.2 Å². The minimum atomic E-state index is 0.658. The van der Waals surface area contributed by atoms with E-state index in [2.05, 4.69) is 154 Å². The van der Waals surface area contributed by atoms with E-state index in [1.807, 2.05) is 42.7 Å². The van der Waals surface area contributed by atoms with Crippen LogP contribution < -0.4 is 0 Å². The van der Waals surface area contributed by atoms with E-state index in [1.54, 1.807) is 0 Å². The third-order valence-corrected chi connectivity index (χ3v) is 10.9. The molecule has 6 aromatic carbocycles. The summed E-state index contributed by atoms with van der Waals surface area (Å²) in [5.74, 6) is 2.03. The van der Waals surface area contributed by atoms with Gasteiger partial charge in [-0.15, -0.1) is 0 Å². The number of nitrogens with zero attached hydrogens (tertiary/aromatic N) is 6. The first kappa shape index (κ1) is 32.0. The first-order chi connectivity index (χ1) is 27.8. The largest absolute Gasteiger partial charge is 0.309 e. The molecule has 0 fully saturated rings. The lowest BCUT2D eigenvalue weighted by atomic mass is 10.0. The maximum Gasteiger partial charge on any atom is 0.164 e. The number of hydrogen-bond acceptors (Lipinski definition) is 4. The van der Waals surface area contributed by atoms with Crippen LogP contribution in [0.3, 0.4) is 0 Å². The van der Waals surface area contributed by atoms with E-state index >= 15 is 0 Å². The van der Waals surface area contributed by atoms with Crippen molar-refractivity contribution in [3.63, 3.8) is 0 Å². The number of fused-ring (bicyclic) bond motifs is 6. The van der Waals surface area contributed by atoms with Gasteiger partial charge in [0.05, 0.1) is 22.1 Å². The van der Waals surface area contributed by atoms with E-state index in [9.17, 15) is 0 Å². The molecule has 0 amide bonds. The average Bonchev–Trinajstić information content (AvgIpc) is 3.79. The highest BCUT2D eigenvalue weighted by Gasteiger charge is 2.18. The fourth-order valence-corrected chi connectivity index (χ4v) is 8.24. The molecule has 6 heteroatoms. The van der Waals surface area contributed by atoms with Gasteiger partial charge in [0, 0.05) is 62.0 Å². The zero-order chi connectivity index (χ0) is 37.0. The Bertz CT molecular complexity index is 3170. The second-order valence-electron chi connectivity index (χ2n) is 14.2. The molecule has 4 heterocycles. The predicted octanol–water partition coefficient (Wildman–Crippen LogP) is 12.2. The second kappa shape index (κ2) is 13.1. The minimum Gasteiger partial charge on any atom is -0.309 e. The van der Waals surface area contributed by atoms with Gasteiger partial charge in [-0.1, -0.05) is 103 Å². The summed E-state index contributed by atoms with van der Waals surface area (Å²) in [4.78, 5) is 19.1. The van der Waals surface area contributed by atoms with Gasteiger partial charge in [0.1, 0.15) is 0 Å². The molecule has 4 aromatic heterocycles. The molecule has 0 radical (unpaired) electrons. The monoisotopic (exact) mass is 718 g/mol. The smallest absolute Gasteiger partial charge is 0.164 e. The van der Waals surface area contributed by atoms with Crippen LogP contribution in [-0.2, 0) is 0 Å². The number of para-hydroxylation sites is 2. The summed E-state index contributed by atoms with van der Waals surface area (Å²) >= 11 is 0. The predicted molar refractivity (Wildman–Crippen MR) is 229 cm³/mol. The standard InChI is InChI=1S/C50H34N6/c1-3-11-33(12-4-1)48-52-49(34-13-5-2-6-14-34)54-50(53-48)35-19-23-38(24-20-35)56-44-17-9-7-15-40(44)42-25-21-37(32-47(42)56)36-22-26-46-43(31-36)41-16-8-10-18-45(41)55(46)39-27-29-51-30-28-39/h1,3-5,7-32H,2,6H2. The summed E-state index contributed by atoms with van der Waals surface area (Å²) < 4.78 is 4.70. The number of aromatic nitrogens is 6. The highest BCUT2D eigenvalue weighted by Crippen LogP contribution is 2.38. The summed E-state index contributed by atoms with van der Waals surface area (Å²) in [5.41, 5.74) is 12.1. The van der Waals surface area contributed by atoms with Crippen LogP contribution in [0.15, 0.2) is 182 Å². The van der Waals surface area contributed by atoms with Gasteiger partial charge in [-0.25, -0.2) is 15.0 Å². The molecule has 0 N–H and O–H groups in total. The summed E-state index contributed by atoms with van der Waals surface area (Å²) in [5, 5.41) is 4.88. The van der Waals surface area contributed by atoms with Gasteiger partial charge in [0.25, 0.3) is 0 Å². The van der Waals surface area contributed by atoms with Gasteiger partial charge in [-0.05, 0) is 90.7 Å². The molecule has 0 saturated carbocycles. The first-order valence-corrected chi connectivity index (χ1v) is 19.0. The summed E-state index contributed by atoms with van der Waals surface area (Å²) in [6, 6.07) is 53.9. The van der Waals surface area contributed by atoms with Crippen molar-refractivity contribution in [1.29, 1.82) is 0 Å². The van der Waals surface area contributed by atoms with Crippen molar-refractivity contribution < 1.29 is 0 Å². The molecule has 0 unspecified atom stereocenters. The van der Waals surface area contributed by atoms with Gasteiger partial charge in [0.15, 0.2) is 17.5 Å². The molecular formula is C50H34N6. The van der Waals surface area contributed by atoms with Crippen LogP contribution in [0.2, 0.25) is 0 Å². The van der Waals surface area contributed by atoms with Gasteiger partial charge < -0.3 is 9.13 Å². The van der Waals surface area contributed by atoms with E-state index < -0.39 is 0 Å². The molecule has 11 rings (SSSR count). The van der Waals surface area contributed by atoms with Gasteiger partial charge in [-0.2, -0.15) is 0 Å². The summed E-state index contributed by atoms with van der Waals surface area (Å²) in [7, 11) is 0. The highest BCUT2D eigenvalue weighted by atomic mass is 15.0. The Balaban J connectivity index is 1.03. The van der Waals surface area contributed by atoms with Crippen molar-refractivity contribution in [1.82, 2.24) is 29.1 Å². The van der Waals surface area contributed by atoms with Crippen molar-refractivity contribution in [2.45, 2.75) is 12.8 Å². The Hall–Kier alpha value is -7.44.